The molecule has 3 rings (SSSR count). The maximum Gasteiger partial charge on any atom is 0.317 e. The predicted octanol–water partition coefficient (Wildman–Crippen LogP) is 4.75. The number of rotatable bonds is 5. The number of carbonyl (C=O) groups is 1. The molecule has 0 saturated carbocycles. The van der Waals surface area contributed by atoms with Gasteiger partial charge in [-0.05, 0) is 47.0 Å². The molecule has 4 heteroatoms. The molecule has 2 amide bonds. The second-order valence-electron chi connectivity index (χ2n) is 6.40. The Morgan fingerprint density at radius 2 is 1.73 bits per heavy atom. The van der Waals surface area contributed by atoms with Crippen molar-refractivity contribution in [2.45, 2.75) is 19.5 Å². The van der Waals surface area contributed by atoms with Crippen LogP contribution in [-0.2, 0) is 6.54 Å². The Bertz CT molecular complexity index is 893. The highest BCUT2D eigenvalue weighted by molar-refractivity contribution is 5.84. The molecule has 0 aliphatic rings. The number of hydrogen-bond donors (Lipinski definition) is 1. The minimum atomic E-state index is -0.0869. The van der Waals surface area contributed by atoms with Crippen LogP contribution in [-0.4, -0.2) is 25.1 Å². The summed E-state index contributed by atoms with van der Waals surface area (Å²) in [4.78, 5) is 14.2. The van der Waals surface area contributed by atoms with Gasteiger partial charge in [-0.3, -0.25) is 0 Å². The van der Waals surface area contributed by atoms with Crippen LogP contribution in [0.3, 0.4) is 0 Å². The van der Waals surface area contributed by atoms with E-state index >= 15 is 0 Å². The summed E-state index contributed by atoms with van der Waals surface area (Å²) in [5, 5.41) is 5.25. The summed E-state index contributed by atoms with van der Waals surface area (Å²) in [6, 6.07) is 22.1. The van der Waals surface area contributed by atoms with Crippen LogP contribution in [0.5, 0.6) is 5.75 Å². The van der Waals surface area contributed by atoms with E-state index < -0.39 is 0 Å². The third-order valence-corrected chi connectivity index (χ3v) is 4.74. The van der Waals surface area contributed by atoms with Gasteiger partial charge in [0, 0.05) is 13.6 Å². The molecule has 0 aliphatic carbocycles. The fourth-order valence-corrected chi connectivity index (χ4v) is 2.94. The number of fused-ring (bicyclic) bond motifs is 1. The van der Waals surface area contributed by atoms with Gasteiger partial charge in [0.05, 0.1) is 13.2 Å². The zero-order valence-electron chi connectivity index (χ0n) is 15.4. The van der Waals surface area contributed by atoms with Crippen LogP contribution in [0.1, 0.15) is 24.1 Å². The molecule has 0 heterocycles. The normalized spacial score (nSPS) is 11.8. The number of nitrogens with zero attached hydrogens (tertiary/aromatic N) is 1. The third-order valence-electron chi connectivity index (χ3n) is 4.74. The number of hydrogen-bond acceptors (Lipinski definition) is 2. The lowest BCUT2D eigenvalue weighted by Gasteiger charge is -2.25. The highest BCUT2D eigenvalue weighted by Crippen LogP contribution is 2.22. The van der Waals surface area contributed by atoms with Crippen LogP contribution in [0.25, 0.3) is 10.8 Å². The van der Waals surface area contributed by atoms with Crippen LogP contribution in [0.15, 0.2) is 66.7 Å². The van der Waals surface area contributed by atoms with Crippen molar-refractivity contribution in [1.29, 1.82) is 0 Å². The monoisotopic (exact) mass is 348 g/mol. The van der Waals surface area contributed by atoms with Gasteiger partial charge in [0.2, 0.25) is 0 Å². The molecule has 0 aliphatic heterocycles. The van der Waals surface area contributed by atoms with Crippen molar-refractivity contribution in [3.8, 4) is 5.75 Å². The Kier molecular flexibility index (Phi) is 5.42. The summed E-state index contributed by atoms with van der Waals surface area (Å²) < 4.78 is 5.25. The Labute approximate surface area is 154 Å². The van der Waals surface area contributed by atoms with Crippen molar-refractivity contribution >= 4 is 16.8 Å². The van der Waals surface area contributed by atoms with Crippen molar-refractivity contribution in [3.63, 3.8) is 0 Å². The zero-order valence-corrected chi connectivity index (χ0v) is 15.4. The topological polar surface area (TPSA) is 41.6 Å². The number of benzene rings is 3. The summed E-state index contributed by atoms with van der Waals surface area (Å²) in [5.74, 6) is 0.843. The first kappa shape index (κ1) is 17.8. The quantitative estimate of drug-likeness (QED) is 0.723. The van der Waals surface area contributed by atoms with Crippen LogP contribution >= 0.6 is 0 Å². The number of amides is 2. The van der Waals surface area contributed by atoms with Gasteiger partial charge in [-0.15, -0.1) is 0 Å². The minimum absolute atomic E-state index is 0.0141. The molecule has 0 radical (unpaired) electrons. The molecule has 134 valence electrons. The number of nitrogens with one attached hydrogen (secondary N) is 1. The molecule has 26 heavy (non-hydrogen) atoms. The van der Waals surface area contributed by atoms with E-state index in [9.17, 15) is 4.79 Å². The molecule has 0 aromatic heterocycles. The molecule has 4 nitrogen and oxygen atoms in total. The summed E-state index contributed by atoms with van der Waals surface area (Å²) in [6.45, 7) is 2.52. The lowest BCUT2D eigenvalue weighted by atomic mass is 10.1. The zero-order chi connectivity index (χ0) is 18.5. The van der Waals surface area contributed by atoms with Gasteiger partial charge in [0.1, 0.15) is 5.75 Å². The van der Waals surface area contributed by atoms with Crippen molar-refractivity contribution in [3.05, 3.63) is 77.9 Å². The maximum atomic E-state index is 12.5. The van der Waals surface area contributed by atoms with E-state index in [0.29, 0.717) is 6.54 Å². The van der Waals surface area contributed by atoms with Crippen LogP contribution in [0.4, 0.5) is 4.79 Å². The van der Waals surface area contributed by atoms with Gasteiger partial charge in [-0.2, -0.15) is 0 Å². The molecule has 0 saturated heterocycles. The Morgan fingerprint density at radius 1 is 1.04 bits per heavy atom. The summed E-state index contributed by atoms with van der Waals surface area (Å²) in [5.41, 5.74) is 2.18. The Hall–Kier alpha value is -3.01. The van der Waals surface area contributed by atoms with Crippen molar-refractivity contribution in [1.82, 2.24) is 10.2 Å². The average molecular weight is 348 g/mol. The molecule has 0 spiro atoms. The van der Waals surface area contributed by atoms with Gasteiger partial charge in [-0.1, -0.05) is 48.5 Å². The molecule has 0 fully saturated rings. The van der Waals surface area contributed by atoms with Crippen molar-refractivity contribution in [2.75, 3.05) is 14.2 Å². The molecule has 1 N–H and O–H groups in total. The fraction of sp³-hybridized carbons (Fsp3) is 0.227. The maximum absolute atomic E-state index is 12.5. The van der Waals surface area contributed by atoms with E-state index in [1.54, 1.807) is 12.0 Å². The third kappa shape index (κ3) is 3.97. The Morgan fingerprint density at radius 3 is 2.46 bits per heavy atom. The molecule has 0 bridgehead atoms. The standard InChI is InChI=1S/C22H24N2O2/c1-16(18-7-5-4-6-8-18)24(2)22(25)23-15-17-9-10-20-14-21(26-3)12-11-19(20)13-17/h4-14,16H,15H2,1-3H3,(H,23,25)/t16-/m0/s1. The van der Waals surface area contributed by atoms with Crippen LogP contribution in [0, 0.1) is 0 Å². The molecule has 0 unspecified atom stereocenters. The Balaban J connectivity index is 1.64. The van der Waals surface area contributed by atoms with E-state index in [1.807, 2.05) is 68.6 Å². The highest BCUT2D eigenvalue weighted by atomic mass is 16.5. The van der Waals surface area contributed by atoms with E-state index in [1.165, 1.54) is 0 Å². The first-order chi connectivity index (χ1) is 12.6. The molecular formula is C22H24N2O2. The molecule has 3 aromatic carbocycles. The van der Waals surface area contributed by atoms with Crippen molar-refractivity contribution < 1.29 is 9.53 Å². The number of ether oxygens (including phenoxy) is 1. The molecular weight excluding hydrogens is 324 g/mol. The predicted molar refractivity (Wildman–Crippen MR) is 105 cm³/mol. The molecule has 3 aromatic rings. The lowest BCUT2D eigenvalue weighted by molar-refractivity contribution is 0.194. The molecule has 1 atom stereocenters. The fourth-order valence-electron chi connectivity index (χ4n) is 2.94. The average Bonchev–Trinajstić information content (AvgIpc) is 2.70. The van der Waals surface area contributed by atoms with Crippen LogP contribution in [0.2, 0.25) is 0 Å². The van der Waals surface area contributed by atoms with Crippen molar-refractivity contribution in [2.24, 2.45) is 0 Å². The summed E-state index contributed by atoms with van der Waals surface area (Å²) in [7, 11) is 3.48. The van der Waals surface area contributed by atoms with E-state index in [-0.39, 0.29) is 12.1 Å². The first-order valence-corrected chi connectivity index (χ1v) is 8.71. The van der Waals surface area contributed by atoms with Crippen LogP contribution < -0.4 is 10.1 Å². The minimum Gasteiger partial charge on any atom is -0.497 e. The van der Waals surface area contributed by atoms with Gasteiger partial charge in [0.15, 0.2) is 0 Å². The highest BCUT2D eigenvalue weighted by Gasteiger charge is 2.16. The van der Waals surface area contributed by atoms with Gasteiger partial charge in [-0.25, -0.2) is 4.79 Å². The second-order valence-corrected chi connectivity index (χ2v) is 6.40. The van der Waals surface area contributed by atoms with Gasteiger partial charge in [0.25, 0.3) is 0 Å². The number of carbonyl (C=O) groups excluding carboxylic acids is 1. The van der Waals surface area contributed by atoms with E-state index in [2.05, 4.69) is 17.4 Å². The summed E-state index contributed by atoms with van der Waals surface area (Å²) >= 11 is 0. The SMILES string of the molecule is COc1ccc2cc(CNC(=O)N(C)[C@@H](C)c3ccccc3)ccc2c1. The number of methoxy groups -OCH3 is 1. The van der Waals surface area contributed by atoms with E-state index in [4.69, 9.17) is 4.74 Å². The lowest BCUT2D eigenvalue weighted by Crippen LogP contribution is -2.38. The second kappa shape index (κ2) is 7.91. The first-order valence-electron chi connectivity index (χ1n) is 8.71. The number of urea groups is 1. The van der Waals surface area contributed by atoms with Gasteiger partial charge < -0.3 is 15.0 Å². The van der Waals surface area contributed by atoms with E-state index in [0.717, 1.165) is 27.6 Å². The largest absolute Gasteiger partial charge is 0.497 e. The smallest absolute Gasteiger partial charge is 0.317 e. The van der Waals surface area contributed by atoms with Gasteiger partial charge >= 0.3 is 6.03 Å². The summed E-state index contributed by atoms with van der Waals surface area (Å²) in [6.07, 6.45) is 0.